The average molecular weight is 283 g/mol. The molecule has 0 aromatic heterocycles. The number of carbonyl (C=O) groups is 2. The van der Waals surface area contributed by atoms with E-state index in [1.807, 2.05) is 31.2 Å². The Bertz CT molecular complexity index is 464. The molecule has 0 aliphatic carbocycles. The molecule has 0 saturated heterocycles. The fourth-order valence-corrected chi connectivity index (χ4v) is 1.57. The van der Waals surface area contributed by atoms with Gasteiger partial charge in [-0.3, -0.25) is 4.79 Å². The van der Waals surface area contributed by atoms with Crippen LogP contribution in [0.1, 0.15) is 18.4 Å². The summed E-state index contributed by atoms with van der Waals surface area (Å²) in [5.74, 6) is -1.12. The Labute approximate surface area is 116 Å². The lowest BCUT2D eigenvalue weighted by Crippen LogP contribution is -2.42. The van der Waals surface area contributed by atoms with Crippen molar-refractivity contribution in [2.45, 2.75) is 25.8 Å². The number of rotatable bonds is 8. The smallest absolute Gasteiger partial charge is 0.328 e. The van der Waals surface area contributed by atoms with Gasteiger partial charge in [0.1, 0.15) is 12.4 Å². The predicted octanol–water partition coefficient (Wildman–Crippen LogP) is 1.69. The van der Waals surface area contributed by atoms with Crippen molar-refractivity contribution in [3.63, 3.8) is 0 Å². The number of halogens is 1. The highest BCUT2D eigenvalue weighted by atomic mass is 19.1. The lowest BCUT2D eigenvalue weighted by Gasteiger charge is -2.11. The van der Waals surface area contributed by atoms with Crippen LogP contribution in [0, 0.1) is 6.92 Å². The number of aliphatic carboxylic acids is 1. The molecule has 0 heterocycles. The minimum absolute atomic E-state index is 0.0929. The Morgan fingerprint density at radius 1 is 1.40 bits per heavy atom. The van der Waals surface area contributed by atoms with E-state index in [1.165, 1.54) is 0 Å². The number of benzene rings is 1. The van der Waals surface area contributed by atoms with Crippen molar-refractivity contribution in [3.8, 4) is 5.75 Å². The highest BCUT2D eigenvalue weighted by molar-refractivity contribution is 5.83. The molecule has 0 saturated carbocycles. The number of para-hydroxylation sites is 1. The fourth-order valence-electron chi connectivity index (χ4n) is 1.57. The van der Waals surface area contributed by atoms with E-state index >= 15 is 0 Å². The zero-order valence-corrected chi connectivity index (χ0v) is 11.3. The van der Waals surface area contributed by atoms with Crippen molar-refractivity contribution in [2.24, 2.45) is 0 Å². The molecule has 6 heteroatoms. The summed E-state index contributed by atoms with van der Waals surface area (Å²) < 4.78 is 17.8. The monoisotopic (exact) mass is 283 g/mol. The maximum Gasteiger partial charge on any atom is 0.328 e. The van der Waals surface area contributed by atoms with Crippen LogP contribution in [0.3, 0.4) is 0 Å². The number of aryl methyl sites for hydroxylation is 1. The molecule has 1 amide bonds. The van der Waals surface area contributed by atoms with Crippen molar-refractivity contribution in [1.82, 2.24) is 5.32 Å². The molecular weight excluding hydrogens is 265 g/mol. The summed E-state index contributed by atoms with van der Waals surface area (Å²) in [6.45, 7) is 1.13. The summed E-state index contributed by atoms with van der Waals surface area (Å²) in [6, 6.07) is 6.03. The molecule has 0 bridgehead atoms. The first-order valence-electron chi connectivity index (χ1n) is 6.31. The van der Waals surface area contributed by atoms with Crippen LogP contribution in [0.2, 0.25) is 0 Å². The second-order valence-corrected chi connectivity index (χ2v) is 4.33. The summed E-state index contributed by atoms with van der Waals surface area (Å²) in [6.07, 6.45) is 0.522. The van der Waals surface area contributed by atoms with Gasteiger partial charge >= 0.3 is 5.97 Å². The summed E-state index contributed by atoms with van der Waals surface area (Å²) in [5, 5.41) is 10.7. The second-order valence-electron chi connectivity index (χ2n) is 4.33. The minimum Gasteiger partial charge on any atom is -0.493 e. The van der Waals surface area contributed by atoms with Crippen LogP contribution in [-0.4, -0.2) is 36.3 Å². The van der Waals surface area contributed by atoms with Crippen LogP contribution in [-0.2, 0) is 9.59 Å². The number of nitrogens with one attached hydrogen (secondary N) is 1. The zero-order chi connectivity index (χ0) is 15.0. The first-order chi connectivity index (χ1) is 9.54. The van der Waals surface area contributed by atoms with Gasteiger partial charge in [-0.05, 0) is 25.0 Å². The van der Waals surface area contributed by atoms with Crippen molar-refractivity contribution in [3.05, 3.63) is 29.8 Å². The van der Waals surface area contributed by atoms with Gasteiger partial charge in [-0.2, -0.15) is 0 Å². The maximum atomic E-state index is 12.3. The van der Waals surface area contributed by atoms with Crippen molar-refractivity contribution in [1.29, 1.82) is 0 Å². The Balaban J connectivity index is 2.26. The van der Waals surface area contributed by atoms with Gasteiger partial charge < -0.3 is 15.2 Å². The third-order valence-electron chi connectivity index (χ3n) is 2.69. The van der Waals surface area contributed by atoms with E-state index < -0.39 is 24.6 Å². The number of hydrogen-bond donors (Lipinski definition) is 2. The molecular formula is C14H18FNO4. The molecule has 0 fully saturated rings. The highest BCUT2D eigenvalue weighted by Gasteiger charge is 2.19. The molecule has 1 aromatic rings. The molecule has 110 valence electrons. The molecule has 0 aliphatic heterocycles. The van der Waals surface area contributed by atoms with Crippen LogP contribution < -0.4 is 10.1 Å². The third kappa shape index (κ3) is 5.26. The van der Waals surface area contributed by atoms with Gasteiger partial charge in [0.2, 0.25) is 5.91 Å². The number of carbonyl (C=O) groups excluding carboxylic acids is 1. The fraction of sp³-hybridized carbons (Fsp3) is 0.429. The number of ether oxygens (including phenoxy) is 1. The van der Waals surface area contributed by atoms with E-state index in [0.717, 1.165) is 11.3 Å². The lowest BCUT2D eigenvalue weighted by atomic mass is 10.2. The van der Waals surface area contributed by atoms with E-state index in [1.54, 1.807) is 0 Å². The number of hydrogen-bond acceptors (Lipinski definition) is 3. The number of carboxylic acid groups (broad SMARTS) is 1. The topological polar surface area (TPSA) is 75.6 Å². The molecule has 1 aromatic carbocycles. The molecule has 0 aliphatic rings. The molecule has 1 unspecified atom stereocenters. The first kappa shape index (κ1) is 15.9. The van der Waals surface area contributed by atoms with Gasteiger partial charge in [-0.1, -0.05) is 18.2 Å². The van der Waals surface area contributed by atoms with Crippen molar-refractivity contribution < 1.29 is 23.8 Å². The molecule has 1 rings (SSSR count). The standard InChI is InChI=1S/C14H18FNO4/c1-10-5-2-3-6-12(10)20-8-4-7-13(17)16-11(9-15)14(18)19/h2-3,5-6,11H,4,7-9H2,1H3,(H,16,17)(H,18,19). The van der Waals surface area contributed by atoms with Gasteiger partial charge in [0.25, 0.3) is 0 Å². The van der Waals surface area contributed by atoms with Gasteiger partial charge in [-0.25, -0.2) is 9.18 Å². The molecule has 0 radical (unpaired) electrons. The average Bonchev–Trinajstić information content (AvgIpc) is 2.42. The normalized spacial score (nSPS) is 11.7. The molecule has 2 N–H and O–H groups in total. The van der Waals surface area contributed by atoms with E-state index in [0.29, 0.717) is 13.0 Å². The summed E-state index contributed by atoms with van der Waals surface area (Å²) in [4.78, 5) is 21.9. The number of amides is 1. The largest absolute Gasteiger partial charge is 0.493 e. The van der Waals surface area contributed by atoms with E-state index in [-0.39, 0.29) is 6.42 Å². The summed E-state index contributed by atoms with van der Waals surface area (Å²) in [7, 11) is 0. The molecule has 20 heavy (non-hydrogen) atoms. The minimum atomic E-state index is -1.47. The number of alkyl halides is 1. The molecule has 5 nitrogen and oxygen atoms in total. The Morgan fingerprint density at radius 3 is 2.70 bits per heavy atom. The highest BCUT2D eigenvalue weighted by Crippen LogP contribution is 2.16. The number of carboxylic acids is 1. The van der Waals surface area contributed by atoms with Crippen LogP contribution in [0.5, 0.6) is 5.75 Å². The second kappa shape index (κ2) is 8.14. The first-order valence-corrected chi connectivity index (χ1v) is 6.31. The van der Waals surface area contributed by atoms with Crippen LogP contribution >= 0.6 is 0 Å². The van der Waals surface area contributed by atoms with Crippen LogP contribution in [0.4, 0.5) is 4.39 Å². The predicted molar refractivity (Wildman–Crippen MR) is 71.4 cm³/mol. The Kier molecular flexibility index (Phi) is 6.49. The van der Waals surface area contributed by atoms with Crippen molar-refractivity contribution in [2.75, 3.05) is 13.3 Å². The van der Waals surface area contributed by atoms with Crippen LogP contribution in [0.25, 0.3) is 0 Å². The SMILES string of the molecule is Cc1ccccc1OCCCC(=O)NC(CF)C(=O)O. The van der Waals surface area contributed by atoms with Crippen LogP contribution in [0.15, 0.2) is 24.3 Å². The third-order valence-corrected chi connectivity index (χ3v) is 2.69. The molecule has 1 atom stereocenters. The van der Waals surface area contributed by atoms with E-state index in [9.17, 15) is 14.0 Å². The summed E-state index contributed by atoms with van der Waals surface area (Å²) in [5.41, 5.74) is 1.00. The zero-order valence-electron chi connectivity index (χ0n) is 11.3. The van der Waals surface area contributed by atoms with Gasteiger partial charge in [0, 0.05) is 6.42 Å². The Morgan fingerprint density at radius 2 is 2.10 bits per heavy atom. The van der Waals surface area contributed by atoms with Crippen molar-refractivity contribution >= 4 is 11.9 Å². The van der Waals surface area contributed by atoms with Gasteiger partial charge in [0.15, 0.2) is 6.04 Å². The van der Waals surface area contributed by atoms with E-state index in [4.69, 9.17) is 9.84 Å². The van der Waals surface area contributed by atoms with E-state index in [2.05, 4.69) is 5.32 Å². The quantitative estimate of drug-likeness (QED) is 0.712. The maximum absolute atomic E-state index is 12.3. The van der Waals surface area contributed by atoms with Gasteiger partial charge in [-0.15, -0.1) is 0 Å². The Hall–Kier alpha value is -2.11. The molecule has 0 spiro atoms. The lowest BCUT2D eigenvalue weighted by molar-refractivity contribution is -0.142. The van der Waals surface area contributed by atoms with Gasteiger partial charge in [0.05, 0.1) is 6.61 Å². The summed E-state index contributed by atoms with van der Waals surface area (Å²) >= 11 is 0.